The van der Waals surface area contributed by atoms with E-state index < -0.39 is 5.97 Å². The fourth-order valence-corrected chi connectivity index (χ4v) is 1.97. The predicted molar refractivity (Wildman–Crippen MR) is 79.1 cm³/mol. The Kier molecular flexibility index (Phi) is 4.46. The summed E-state index contributed by atoms with van der Waals surface area (Å²) in [5.74, 6) is -0.0862. The lowest BCUT2D eigenvalue weighted by atomic mass is 10.2. The van der Waals surface area contributed by atoms with Crippen LogP contribution in [0.2, 0.25) is 0 Å². The summed E-state index contributed by atoms with van der Waals surface area (Å²) in [5.41, 5.74) is 11.0. The van der Waals surface area contributed by atoms with Crippen LogP contribution in [-0.2, 0) is 0 Å². The van der Waals surface area contributed by atoms with Gasteiger partial charge in [-0.15, -0.1) is 16.4 Å². The Balaban J connectivity index is 2.08. The molecule has 0 unspecified atom stereocenters. The molecule has 0 aliphatic rings. The van der Waals surface area contributed by atoms with Gasteiger partial charge in [-0.2, -0.15) is 5.10 Å². The lowest BCUT2D eigenvalue weighted by Gasteiger charge is -2.03. The number of guanidine groups is 1. The molecule has 7 heteroatoms. The molecule has 2 rings (SSSR count). The van der Waals surface area contributed by atoms with Crippen molar-refractivity contribution in [1.82, 2.24) is 0 Å². The van der Waals surface area contributed by atoms with Gasteiger partial charge in [-0.1, -0.05) is 18.2 Å². The van der Waals surface area contributed by atoms with E-state index in [1.807, 2.05) is 5.38 Å². The highest BCUT2D eigenvalue weighted by molar-refractivity contribution is 7.12. The molecule has 0 saturated heterocycles. The van der Waals surface area contributed by atoms with Crippen LogP contribution >= 0.6 is 11.3 Å². The number of ether oxygens (including phenoxy) is 1. The summed E-state index contributed by atoms with van der Waals surface area (Å²) >= 11 is 1.33. The van der Waals surface area contributed by atoms with Crippen LogP contribution in [0.25, 0.3) is 0 Å². The van der Waals surface area contributed by atoms with E-state index in [0.717, 1.165) is 0 Å². The van der Waals surface area contributed by atoms with E-state index in [-0.39, 0.29) is 5.96 Å². The molecular formula is C13H12N4O2S. The van der Waals surface area contributed by atoms with Gasteiger partial charge >= 0.3 is 5.97 Å². The quantitative estimate of drug-likeness (QED) is 0.293. The van der Waals surface area contributed by atoms with Gasteiger partial charge in [0, 0.05) is 0 Å². The van der Waals surface area contributed by atoms with Crippen LogP contribution < -0.4 is 16.2 Å². The zero-order chi connectivity index (χ0) is 14.4. The van der Waals surface area contributed by atoms with Crippen molar-refractivity contribution in [2.24, 2.45) is 21.7 Å². The van der Waals surface area contributed by atoms with Gasteiger partial charge in [0.1, 0.15) is 10.6 Å². The normalized spacial score (nSPS) is 10.4. The molecule has 6 nitrogen and oxygen atoms in total. The molecule has 0 amide bonds. The molecule has 0 bridgehead atoms. The van der Waals surface area contributed by atoms with Gasteiger partial charge in [-0.05, 0) is 29.1 Å². The zero-order valence-electron chi connectivity index (χ0n) is 10.4. The van der Waals surface area contributed by atoms with E-state index in [1.54, 1.807) is 36.4 Å². The van der Waals surface area contributed by atoms with Gasteiger partial charge < -0.3 is 16.2 Å². The maximum atomic E-state index is 11.8. The number of benzene rings is 1. The van der Waals surface area contributed by atoms with Crippen LogP contribution in [0.5, 0.6) is 5.75 Å². The SMILES string of the molecule is NC(N)=NN=Cc1cccc(OC(=O)c2cccs2)c1. The highest BCUT2D eigenvalue weighted by atomic mass is 32.1. The molecule has 0 aliphatic carbocycles. The second-order valence-electron chi connectivity index (χ2n) is 3.71. The maximum absolute atomic E-state index is 11.8. The van der Waals surface area contributed by atoms with E-state index in [0.29, 0.717) is 16.2 Å². The van der Waals surface area contributed by atoms with Gasteiger partial charge in [0.2, 0.25) is 5.96 Å². The number of rotatable bonds is 4. The van der Waals surface area contributed by atoms with Crippen molar-refractivity contribution in [2.45, 2.75) is 0 Å². The first-order chi connectivity index (χ1) is 9.65. The van der Waals surface area contributed by atoms with Crippen LogP contribution in [0.4, 0.5) is 0 Å². The fourth-order valence-electron chi connectivity index (χ4n) is 1.37. The van der Waals surface area contributed by atoms with Crippen molar-refractivity contribution >= 4 is 29.5 Å². The van der Waals surface area contributed by atoms with E-state index in [4.69, 9.17) is 16.2 Å². The first-order valence-corrected chi connectivity index (χ1v) is 6.51. The summed E-state index contributed by atoms with van der Waals surface area (Å²) in [6, 6.07) is 10.4. The number of carbonyl (C=O) groups excluding carboxylic acids is 1. The average Bonchev–Trinajstić information content (AvgIpc) is 2.92. The zero-order valence-corrected chi connectivity index (χ0v) is 11.2. The Morgan fingerprint density at radius 1 is 1.25 bits per heavy atom. The minimum absolute atomic E-state index is 0.124. The molecule has 0 radical (unpaired) electrons. The smallest absolute Gasteiger partial charge is 0.353 e. The average molecular weight is 288 g/mol. The Morgan fingerprint density at radius 3 is 2.80 bits per heavy atom. The Bertz CT molecular complexity index is 646. The van der Waals surface area contributed by atoms with Gasteiger partial charge in [0.05, 0.1) is 6.21 Å². The molecular weight excluding hydrogens is 276 g/mol. The summed E-state index contributed by atoms with van der Waals surface area (Å²) < 4.78 is 5.25. The van der Waals surface area contributed by atoms with E-state index in [9.17, 15) is 4.79 Å². The summed E-state index contributed by atoms with van der Waals surface area (Å²) in [6.45, 7) is 0. The second-order valence-corrected chi connectivity index (χ2v) is 4.66. The summed E-state index contributed by atoms with van der Waals surface area (Å²) in [5, 5.41) is 8.99. The van der Waals surface area contributed by atoms with Crippen LogP contribution in [0.3, 0.4) is 0 Å². The maximum Gasteiger partial charge on any atom is 0.353 e. The monoisotopic (exact) mass is 288 g/mol. The first-order valence-electron chi connectivity index (χ1n) is 5.63. The van der Waals surface area contributed by atoms with E-state index in [2.05, 4.69) is 10.2 Å². The number of hydrogen-bond acceptors (Lipinski definition) is 5. The minimum Gasteiger partial charge on any atom is -0.422 e. The van der Waals surface area contributed by atoms with Crippen molar-refractivity contribution in [3.8, 4) is 5.75 Å². The summed E-state index contributed by atoms with van der Waals surface area (Å²) in [6.07, 6.45) is 1.46. The van der Waals surface area contributed by atoms with Crippen LogP contribution in [0.1, 0.15) is 15.2 Å². The topological polar surface area (TPSA) is 103 Å². The standard InChI is InChI=1S/C13H12N4O2S/c14-13(15)17-16-8-9-3-1-4-10(7-9)19-12(18)11-5-2-6-20-11/h1-8H,(H4,14,15,17). The Hall–Kier alpha value is -2.67. The molecule has 20 heavy (non-hydrogen) atoms. The third-order valence-electron chi connectivity index (χ3n) is 2.17. The lowest BCUT2D eigenvalue weighted by molar-refractivity contribution is 0.0740. The van der Waals surface area contributed by atoms with Crippen molar-refractivity contribution in [1.29, 1.82) is 0 Å². The molecule has 1 aromatic carbocycles. The second kappa shape index (κ2) is 6.48. The highest BCUT2D eigenvalue weighted by Crippen LogP contribution is 2.16. The molecule has 4 N–H and O–H groups in total. The van der Waals surface area contributed by atoms with Gasteiger partial charge in [-0.3, -0.25) is 0 Å². The summed E-state index contributed by atoms with van der Waals surface area (Å²) in [7, 11) is 0. The van der Waals surface area contributed by atoms with Crippen molar-refractivity contribution in [3.63, 3.8) is 0 Å². The molecule has 102 valence electrons. The Labute approximate surface area is 119 Å². The number of hydrogen-bond donors (Lipinski definition) is 2. The fraction of sp³-hybridized carbons (Fsp3) is 0. The molecule has 0 spiro atoms. The molecule has 0 aliphatic heterocycles. The minimum atomic E-state index is -0.390. The van der Waals surface area contributed by atoms with Crippen LogP contribution in [0, 0.1) is 0 Å². The molecule has 0 atom stereocenters. The van der Waals surface area contributed by atoms with Crippen molar-refractivity contribution in [3.05, 3.63) is 52.2 Å². The van der Waals surface area contributed by atoms with Crippen LogP contribution in [-0.4, -0.2) is 18.1 Å². The molecule has 1 heterocycles. The summed E-state index contributed by atoms with van der Waals surface area (Å²) in [4.78, 5) is 12.3. The lowest BCUT2D eigenvalue weighted by Crippen LogP contribution is -2.21. The number of thiophene rings is 1. The Morgan fingerprint density at radius 2 is 2.10 bits per heavy atom. The van der Waals surface area contributed by atoms with E-state index >= 15 is 0 Å². The number of nitrogens with two attached hydrogens (primary N) is 2. The van der Waals surface area contributed by atoms with Gasteiger partial charge in [-0.25, -0.2) is 4.79 Å². The number of nitrogens with zero attached hydrogens (tertiary/aromatic N) is 2. The van der Waals surface area contributed by atoms with Crippen molar-refractivity contribution in [2.75, 3.05) is 0 Å². The molecule has 1 aromatic heterocycles. The third kappa shape index (κ3) is 3.92. The first kappa shape index (κ1) is 13.8. The highest BCUT2D eigenvalue weighted by Gasteiger charge is 2.09. The van der Waals surface area contributed by atoms with E-state index in [1.165, 1.54) is 17.6 Å². The predicted octanol–water partition coefficient (Wildman–Crippen LogP) is 1.57. The molecule has 0 fully saturated rings. The largest absolute Gasteiger partial charge is 0.422 e. The third-order valence-corrected chi connectivity index (χ3v) is 3.02. The number of carbonyl (C=O) groups is 1. The van der Waals surface area contributed by atoms with Gasteiger partial charge in [0.25, 0.3) is 0 Å². The number of esters is 1. The molecule has 0 saturated carbocycles. The molecule has 2 aromatic rings. The van der Waals surface area contributed by atoms with Crippen molar-refractivity contribution < 1.29 is 9.53 Å². The van der Waals surface area contributed by atoms with Crippen LogP contribution in [0.15, 0.2) is 52.0 Å². The van der Waals surface area contributed by atoms with Gasteiger partial charge in [0.15, 0.2) is 0 Å².